The summed E-state index contributed by atoms with van der Waals surface area (Å²) in [5.41, 5.74) is 4.95. The number of hydrogen-bond acceptors (Lipinski definition) is 9. The number of unbranched alkanes of at least 4 members (excludes halogenated alkanes) is 1. The molecule has 1 amide bonds. The maximum Gasteiger partial charge on any atom is 0.338 e. The van der Waals surface area contributed by atoms with Gasteiger partial charge in [0.15, 0.2) is 6.61 Å². The highest BCUT2D eigenvalue weighted by Crippen LogP contribution is 2.30. The van der Waals surface area contributed by atoms with E-state index in [1.165, 1.54) is 13.3 Å². The van der Waals surface area contributed by atoms with Crippen molar-refractivity contribution in [2.75, 3.05) is 20.3 Å². The van der Waals surface area contributed by atoms with Gasteiger partial charge in [0.1, 0.15) is 23.2 Å². The second-order valence-corrected chi connectivity index (χ2v) is 8.86. The number of halogens is 1. The molecule has 0 fully saturated rings. The van der Waals surface area contributed by atoms with Crippen LogP contribution in [0.3, 0.4) is 0 Å². The molecule has 0 aliphatic rings. The number of nitrogens with zero attached hydrogens (tertiary/aromatic N) is 3. The molecule has 3 rings (SSSR count). The summed E-state index contributed by atoms with van der Waals surface area (Å²) in [5.74, 6) is 0.108. The van der Waals surface area contributed by atoms with Crippen LogP contribution in [0, 0.1) is 18.3 Å². The first-order valence-electron chi connectivity index (χ1n) is 11.8. The molecule has 0 saturated heterocycles. The second-order valence-electron chi connectivity index (χ2n) is 8.07. The van der Waals surface area contributed by atoms with Gasteiger partial charge in [-0.15, -0.1) is 0 Å². The summed E-state index contributed by atoms with van der Waals surface area (Å²) in [4.78, 5) is 28.5. The van der Waals surface area contributed by atoms with Gasteiger partial charge in [0.2, 0.25) is 5.88 Å². The van der Waals surface area contributed by atoms with Gasteiger partial charge >= 0.3 is 5.97 Å². The summed E-state index contributed by atoms with van der Waals surface area (Å²) < 4.78 is 22.2. The lowest BCUT2D eigenvalue weighted by atomic mass is 10.1. The van der Waals surface area contributed by atoms with Crippen LogP contribution in [0.1, 0.15) is 52.7 Å². The molecule has 3 aromatic rings. The van der Waals surface area contributed by atoms with Gasteiger partial charge in [0, 0.05) is 22.7 Å². The van der Waals surface area contributed by atoms with Crippen LogP contribution in [0.25, 0.3) is 11.3 Å². The monoisotopic (exact) mass is 582 g/mol. The summed E-state index contributed by atoms with van der Waals surface area (Å²) in [6, 6.07) is 12.4. The molecule has 0 radical (unpaired) electrons. The molecule has 0 saturated carbocycles. The first-order valence-corrected chi connectivity index (χ1v) is 12.6. The van der Waals surface area contributed by atoms with Crippen LogP contribution in [-0.2, 0) is 20.9 Å². The predicted molar refractivity (Wildman–Crippen MR) is 143 cm³/mol. The molecule has 1 N–H and O–H groups in total. The first-order chi connectivity index (χ1) is 18.4. The zero-order valence-electron chi connectivity index (χ0n) is 21.2. The Morgan fingerprint density at radius 3 is 2.68 bits per heavy atom. The van der Waals surface area contributed by atoms with Crippen molar-refractivity contribution in [1.82, 2.24) is 10.4 Å². The third-order valence-electron chi connectivity index (χ3n) is 5.25. The van der Waals surface area contributed by atoms with E-state index in [1.54, 1.807) is 43.3 Å². The molecule has 0 unspecified atom stereocenters. The molecule has 0 aliphatic carbocycles. The molecular formula is C27H27BrN4O6. The van der Waals surface area contributed by atoms with E-state index in [1.807, 2.05) is 13.0 Å². The van der Waals surface area contributed by atoms with Gasteiger partial charge < -0.3 is 18.6 Å². The van der Waals surface area contributed by atoms with Crippen molar-refractivity contribution in [2.24, 2.45) is 5.10 Å². The van der Waals surface area contributed by atoms with Crippen molar-refractivity contribution in [3.8, 4) is 23.3 Å². The van der Waals surface area contributed by atoms with Crippen LogP contribution in [0.2, 0.25) is 0 Å². The van der Waals surface area contributed by atoms with Crippen LogP contribution < -0.4 is 10.2 Å². The summed E-state index contributed by atoms with van der Waals surface area (Å²) >= 11 is 3.40. The number of benzene rings is 1. The lowest BCUT2D eigenvalue weighted by Crippen LogP contribution is -2.25. The lowest BCUT2D eigenvalue weighted by molar-refractivity contribution is -0.123. The number of rotatable bonds is 12. The Hall–Kier alpha value is -4.01. The Balaban J connectivity index is 1.55. The molecule has 0 bridgehead atoms. The molecule has 0 atom stereocenters. The van der Waals surface area contributed by atoms with Gasteiger partial charge in [-0.1, -0.05) is 25.5 Å². The Kier molecular flexibility index (Phi) is 10.6. The normalized spacial score (nSPS) is 10.8. The van der Waals surface area contributed by atoms with Crippen LogP contribution >= 0.6 is 15.9 Å². The summed E-state index contributed by atoms with van der Waals surface area (Å²) in [6.45, 7) is 3.96. The molecule has 2 heterocycles. The number of hydrazone groups is 1. The predicted octanol–water partition coefficient (Wildman–Crippen LogP) is 4.92. The number of pyridine rings is 1. The zero-order valence-corrected chi connectivity index (χ0v) is 22.8. The van der Waals surface area contributed by atoms with E-state index in [0.29, 0.717) is 39.4 Å². The number of aryl methyl sites for hydroxylation is 1. The molecular weight excluding hydrogens is 556 g/mol. The highest BCUT2D eigenvalue weighted by molar-refractivity contribution is 9.10. The molecule has 0 spiro atoms. The highest BCUT2D eigenvalue weighted by Gasteiger charge is 2.18. The Bertz CT molecular complexity index is 1340. The van der Waals surface area contributed by atoms with Crippen LogP contribution in [0.15, 0.2) is 50.4 Å². The minimum Gasteiger partial charge on any atom is -0.467 e. The van der Waals surface area contributed by atoms with E-state index >= 15 is 0 Å². The molecule has 1 aromatic carbocycles. The Labute approximate surface area is 228 Å². The standard InChI is InChI=1S/C27H27BrN4O6/c1-4-5-12-36-27(34)19-8-6-18(7-9-19)23-11-10-20(38-23)14-30-32-24(33)16-37-26-21(13-29)22(15-35-3)25(28)17(2)31-26/h6-11,14H,4-5,12,15-16H2,1-3H3,(H,32,33)/b30-14-. The number of carbonyl (C=O) groups excluding carboxylic acids is 2. The molecule has 2 aromatic heterocycles. The number of ether oxygens (including phenoxy) is 3. The summed E-state index contributed by atoms with van der Waals surface area (Å²) in [6.07, 6.45) is 3.13. The van der Waals surface area contributed by atoms with E-state index in [-0.39, 0.29) is 24.0 Å². The zero-order chi connectivity index (χ0) is 27.5. The molecule has 0 aliphatic heterocycles. The molecule has 11 heteroatoms. The van der Waals surface area contributed by atoms with Gasteiger partial charge in [-0.3, -0.25) is 4.79 Å². The van der Waals surface area contributed by atoms with Crippen LogP contribution in [0.5, 0.6) is 5.88 Å². The first kappa shape index (κ1) is 28.6. The van der Waals surface area contributed by atoms with E-state index in [4.69, 9.17) is 18.6 Å². The average molecular weight is 583 g/mol. The van der Waals surface area contributed by atoms with Crippen LogP contribution in [0.4, 0.5) is 0 Å². The van der Waals surface area contributed by atoms with Crippen molar-refractivity contribution >= 4 is 34.0 Å². The van der Waals surface area contributed by atoms with Gasteiger partial charge in [-0.25, -0.2) is 15.2 Å². The van der Waals surface area contributed by atoms with E-state index in [2.05, 4.69) is 31.4 Å². The number of aromatic nitrogens is 1. The Morgan fingerprint density at radius 1 is 1.24 bits per heavy atom. The van der Waals surface area contributed by atoms with Crippen molar-refractivity contribution in [3.63, 3.8) is 0 Å². The third kappa shape index (κ3) is 7.50. The van der Waals surface area contributed by atoms with E-state index in [0.717, 1.165) is 18.4 Å². The van der Waals surface area contributed by atoms with Gasteiger partial charge in [-0.2, -0.15) is 10.4 Å². The fraction of sp³-hybridized carbons (Fsp3) is 0.296. The minimum absolute atomic E-state index is 0.0373. The SMILES string of the molecule is CCCCOC(=O)c1ccc(-c2ccc(/C=N\NC(=O)COc3nc(C)c(Br)c(COC)c3C#N)o2)cc1. The topological polar surface area (TPSA) is 136 Å². The summed E-state index contributed by atoms with van der Waals surface area (Å²) in [5, 5.41) is 13.4. The number of esters is 1. The molecule has 10 nitrogen and oxygen atoms in total. The number of nitriles is 1. The fourth-order valence-corrected chi connectivity index (χ4v) is 3.69. The number of methoxy groups -OCH3 is 1. The highest BCUT2D eigenvalue weighted by atomic mass is 79.9. The third-order valence-corrected chi connectivity index (χ3v) is 6.30. The smallest absolute Gasteiger partial charge is 0.338 e. The molecule has 38 heavy (non-hydrogen) atoms. The van der Waals surface area contributed by atoms with Crippen molar-refractivity contribution < 1.29 is 28.2 Å². The van der Waals surface area contributed by atoms with E-state index in [9.17, 15) is 14.9 Å². The number of furan rings is 1. The number of nitrogens with one attached hydrogen (secondary N) is 1. The summed E-state index contributed by atoms with van der Waals surface area (Å²) in [7, 11) is 1.51. The maximum absolute atomic E-state index is 12.2. The lowest BCUT2D eigenvalue weighted by Gasteiger charge is -2.13. The minimum atomic E-state index is -0.547. The van der Waals surface area contributed by atoms with Crippen molar-refractivity contribution in [1.29, 1.82) is 5.26 Å². The number of carbonyl (C=O) groups is 2. The van der Waals surface area contributed by atoms with E-state index < -0.39 is 12.5 Å². The number of amides is 1. The van der Waals surface area contributed by atoms with Crippen molar-refractivity contribution in [2.45, 2.75) is 33.3 Å². The average Bonchev–Trinajstić information content (AvgIpc) is 3.39. The molecule has 198 valence electrons. The largest absolute Gasteiger partial charge is 0.467 e. The van der Waals surface area contributed by atoms with Crippen molar-refractivity contribution in [3.05, 3.63) is 69.0 Å². The quantitative estimate of drug-likeness (QED) is 0.137. The second kappa shape index (κ2) is 14.1. The maximum atomic E-state index is 12.2. The van der Waals surface area contributed by atoms with Crippen LogP contribution in [-0.4, -0.2) is 43.4 Å². The Morgan fingerprint density at radius 2 is 2.00 bits per heavy atom. The van der Waals surface area contributed by atoms with Gasteiger partial charge in [0.05, 0.1) is 30.7 Å². The number of hydrogen-bond donors (Lipinski definition) is 1. The van der Waals surface area contributed by atoms with Gasteiger partial charge in [-0.05, 0) is 53.5 Å². The fourth-order valence-electron chi connectivity index (χ4n) is 3.29. The van der Waals surface area contributed by atoms with Gasteiger partial charge in [0.25, 0.3) is 5.91 Å².